The van der Waals surface area contributed by atoms with Crippen LogP contribution in [0.25, 0.3) is 0 Å². The summed E-state index contributed by atoms with van der Waals surface area (Å²) in [6, 6.07) is 0.560. The van der Waals surface area contributed by atoms with Crippen molar-refractivity contribution in [3.8, 4) is 0 Å². The molecule has 0 heterocycles. The van der Waals surface area contributed by atoms with Gasteiger partial charge in [-0.25, -0.2) is 0 Å². The lowest BCUT2D eigenvalue weighted by Gasteiger charge is -2.34. The highest BCUT2D eigenvalue weighted by Crippen LogP contribution is 2.29. The predicted octanol–water partition coefficient (Wildman–Crippen LogP) is 1.91. The largest absolute Gasteiger partial charge is 0.369 e. The molecule has 16 heavy (non-hydrogen) atoms. The van der Waals surface area contributed by atoms with Crippen LogP contribution >= 0.6 is 0 Å². The van der Waals surface area contributed by atoms with E-state index < -0.39 is 5.41 Å². The van der Waals surface area contributed by atoms with Crippen LogP contribution in [0.4, 0.5) is 0 Å². The van der Waals surface area contributed by atoms with E-state index in [1.807, 2.05) is 13.8 Å². The normalized spacial score (nSPS) is 31.4. The van der Waals surface area contributed by atoms with E-state index in [9.17, 15) is 4.79 Å². The molecular formula is C13H26N2O. The third-order valence-corrected chi connectivity index (χ3v) is 4.10. The molecule has 0 aliphatic heterocycles. The number of hydrogen-bond donors (Lipinski definition) is 2. The quantitative estimate of drug-likeness (QED) is 0.769. The second-order valence-corrected chi connectivity index (χ2v) is 6.09. The fourth-order valence-corrected chi connectivity index (χ4v) is 2.22. The van der Waals surface area contributed by atoms with Crippen LogP contribution in [-0.4, -0.2) is 18.5 Å². The topological polar surface area (TPSA) is 55.1 Å². The lowest BCUT2D eigenvalue weighted by molar-refractivity contribution is -0.125. The maximum Gasteiger partial charge on any atom is 0.224 e. The maximum atomic E-state index is 11.2. The Kier molecular flexibility index (Phi) is 4.36. The fourth-order valence-electron chi connectivity index (χ4n) is 2.22. The zero-order valence-electron chi connectivity index (χ0n) is 11.0. The molecule has 0 aromatic rings. The Morgan fingerprint density at radius 1 is 1.31 bits per heavy atom. The van der Waals surface area contributed by atoms with Crippen molar-refractivity contribution in [3.63, 3.8) is 0 Å². The number of hydrogen-bond acceptors (Lipinski definition) is 2. The minimum absolute atomic E-state index is 0.225. The van der Waals surface area contributed by atoms with Gasteiger partial charge in [0, 0.05) is 12.6 Å². The first-order chi connectivity index (χ1) is 7.33. The molecule has 3 atom stereocenters. The number of carbonyl (C=O) groups is 1. The number of primary amides is 1. The average Bonchev–Trinajstić information content (AvgIpc) is 2.20. The summed E-state index contributed by atoms with van der Waals surface area (Å²) in [5.74, 6) is 1.39. The molecule has 1 aliphatic carbocycles. The molecule has 0 saturated heterocycles. The standard InChI is InChI=1S/C13H26N2O/c1-9-5-6-11(7-10(9)2)15-8-13(3,4)12(14)16/h9-11,15H,5-8H2,1-4H3,(H2,14,16). The highest BCUT2D eigenvalue weighted by Gasteiger charge is 2.28. The van der Waals surface area contributed by atoms with Gasteiger partial charge < -0.3 is 11.1 Å². The highest BCUT2D eigenvalue weighted by molar-refractivity contribution is 5.80. The van der Waals surface area contributed by atoms with E-state index in [0.29, 0.717) is 12.6 Å². The van der Waals surface area contributed by atoms with E-state index in [4.69, 9.17) is 5.73 Å². The van der Waals surface area contributed by atoms with Gasteiger partial charge in [-0.05, 0) is 44.9 Å². The van der Waals surface area contributed by atoms with Crippen LogP contribution in [0.3, 0.4) is 0 Å². The molecular weight excluding hydrogens is 200 g/mol. The van der Waals surface area contributed by atoms with Crippen LogP contribution in [0.15, 0.2) is 0 Å². The summed E-state index contributed by atoms with van der Waals surface area (Å²) in [5, 5.41) is 3.49. The van der Waals surface area contributed by atoms with Crippen LogP contribution < -0.4 is 11.1 Å². The van der Waals surface area contributed by atoms with Crippen molar-refractivity contribution in [3.05, 3.63) is 0 Å². The molecule has 1 amide bonds. The van der Waals surface area contributed by atoms with Crippen molar-refractivity contribution in [1.29, 1.82) is 0 Å². The molecule has 1 aliphatic rings. The van der Waals surface area contributed by atoms with E-state index in [1.165, 1.54) is 19.3 Å². The molecule has 1 saturated carbocycles. The van der Waals surface area contributed by atoms with E-state index in [-0.39, 0.29) is 5.91 Å². The predicted molar refractivity (Wildman–Crippen MR) is 66.9 cm³/mol. The minimum atomic E-state index is -0.438. The highest BCUT2D eigenvalue weighted by atomic mass is 16.1. The van der Waals surface area contributed by atoms with Gasteiger partial charge in [0.25, 0.3) is 0 Å². The van der Waals surface area contributed by atoms with Crippen LogP contribution in [0.1, 0.15) is 47.0 Å². The first-order valence-electron chi connectivity index (χ1n) is 6.36. The van der Waals surface area contributed by atoms with Crippen molar-refractivity contribution in [2.45, 2.75) is 53.0 Å². The molecule has 3 nitrogen and oxygen atoms in total. The summed E-state index contributed by atoms with van der Waals surface area (Å²) in [6.07, 6.45) is 3.73. The van der Waals surface area contributed by atoms with Gasteiger partial charge >= 0.3 is 0 Å². The zero-order chi connectivity index (χ0) is 12.3. The Labute approximate surface area is 99.2 Å². The van der Waals surface area contributed by atoms with Crippen LogP contribution in [0, 0.1) is 17.3 Å². The molecule has 0 aromatic heterocycles. The second-order valence-electron chi connectivity index (χ2n) is 6.09. The Hall–Kier alpha value is -0.570. The Morgan fingerprint density at radius 3 is 2.44 bits per heavy atom. The smallest absolute Gasteiger partial charge is 0.224 e. The lowest BCUT2D eigenvalue weighted by Crippen LogP contribution is -2.45. The number of carbonyl (C=O) groups excluding carboxylic acids is 1. The van der Waals surface area contributed by atoms with Gasteiger partial charge in [0.1, 0.15) is 0 Å². The maximum absolute atomic E-state index is 11.2. The van der Waals surface area contributed by atoms with E-state index in [2.05, 4.69) is 19.2 Å². The SMILES string of the molecule is CC1CCC(NCC(C)(C)C(N)=O)CC1C. The first kappa shape index (κ1) is 13.5. The van der Waals surface area contributed by atoms with Gasteiger partial charge in [-0.15, -0.1) is 0 Å². The van der Waals surface area contributed by atoms with Gasteiger partial charge in [-0.2, -0.15) is 0 Å². The van der Waals surface area contributed by atoms with Crippen molar-refractivity contribution in [2.75, 3.05) is 6.54 Å². The van der Waals surface area contributed by atoms with Gasteiger partial charge in [0.05, 0.1) is 5.41 Å². The summed E-state index contributed by atoms with van der Waals surface area (Å²) < 4.78 is 0. The number of nitrogens with two attached hydrogens (primary N) is 1. The first-order valence-corrected chi connectivity index (χ1v) is 6.36. The summed E-state index contributed by atoms with van der Waals surface area (Å²) in [7, 11) is 0. The van der Waals surface area contributed by atoms with E-state index in [0.717, 1.165) is 11.8 Å². The summed E-state index contributed by atoms with van der Waals surface area (Å²) in [5.41, 5.74) is 4.92. The van der Waals surface area contributed by atoms with Gasteiger partial charge in [0.2, 0.25) is 5.91 Å². The van der Waals surface area contributed by atoms with Gasteiger partial charge in [-0.1, -0.05) is 13.8 Å². The summed E-state index contributed by atoms with van der Waals surface area (Å²) in [4.78, 5) is 11.2. The fraction of sp³-hybridized carbons (Fsp3) is 0.923. The Morgan fingerprint density at radius 2 is 1.94 bits per heavy atom. The molecule has 3 unspecified atom stereocenters. The second kappa shape index (κ2) is 5.17. The summed E-state index contributed by atoms with van der Waals surface area (Å²) in [6.45, 7) is 9.13. The Bertz CT molecular complexity index is 250. The molecule has 1 fully saturated rings. The summed E-state index contributed by atoms with van der Waals surface area (Å²) >= 11 is 0. The minimum Gasteiger partial charge on any atom is -0.369 e. The van der Waals surface area contributed by atoms with Crippen molar-refractivity contribution in [1.82, 2.24) is 5.32 Å². The average molecular weight is 226 g/mol. The number of nitrogens with one attached hydrogen (secondary N) is 1. The van der Waals surface area contributed by atoms with Crippen molar-refractivity contribution < 1.29 is 4.79 Å². The van der Waals surface area contributed by atoms with Gasteiger partial charge in [-0.3, -0.25) is 4.79 Å². The third-order valence-electron chi connectivity index (χ3n) is 4.10. The van der Waals surface area contributed by atoms with Crippen LogP contribution in [0.5, 0.6) is 0 Å². The molecule has 3 N–H and O–H groups in total. The van der Waals surface area contributed by atoms with Crippen molar-refractivity contribution >= 4 is 5.91 Å². The molecule has 3 heteroatoms. The number of rotatable bonds is 4. The lowest BCUT2D eigenvalue weighted by atomic mass is 9.79. The monoisotopic (exact) mass is 226 g/mol. The van der Waals surface area contributed by atoms with E-state index in [1.54, 1.807) is 0 Å². The van der Waals surface area contributed by atoms with Crippen LogP contribution in [-0.2, 0) is 4.79 Å². The molecule has 1 rings (SSSR count). The number of amides is 1. The van der Waals surface area contributed by atoms with Crippen LogP contribution in [0.2, 0.25) is 0 Å². The molecule has 94 valence electrons. The molecule has 0 aromatic carbocycles. The van der Waals surface area contributed by atoms with E-state index >= 15 is 0 Å². The molecule has 0 radical (unpaired) electrons. The van der Waals surface area contributed by atoms with Crippen molar-refractivity contribution in [2.24, 2.45) is 23.0 Å². The van der Waals surface area contributed by atoms with Gasteiger partial charge in [0.15, 0.2) is 0 Å². The molecule has 0 bridgehead atoms. The molecule has 0 spiro atoms. The zero-order valence-corrected chi connectivity index (χ0v) is 11.0. The third kappa shape index (κ3) is 3.48. The Balaban J connectivity index is 2.36.